The Bertz CT molecular complexity index is 1560. The molecule has 0 spiro atoms. The third-order valence-electron chi connectivity index (χ3n) is 8.07. The van der Waals surface area contributed by atoms with E-state index in [0.717, 1.165) is 19.3 Å². The van der Waals surface area contributed by atoms with Crippen LogP contribution in [0.4, 0.5) is 4.39 Å². The highest BCUT2D eigenvalue weighted by Crippen LogP contribution is 2.67. The standard InChI is InChI=1S/C31H27FN4O4/c1-34-29(26-6-2-3-14-39-26)36-28-23(18-37)27(20-5-4-13-35-17-20)31(21-9-7-19(16-33)8-10-21)30(28,38)24-15-22(32)11-12-25(24)40-31/h4-5,7-13,15,17-18,26-27,38H,2-3,6,14H2,1H3,(H,34,36). The largest absolute Gasteiger partial charge is 0.477 e. The number of hydrogen-bond acceptors (Lipinski definition) is 7. The normalized spacial score (nSPS) is 27.4. The number of benzene rings is 2. The molecule has 9 heteroatoms. The van der Waals surface area contributed by atoms with Crippen LogP contribution < -0.4 is 10.1 Å². The molecule has 0 saturated carbocycles. The van der Waals surface area contributed by atoms with Gasteiger partial charge in [0.2, 0.25) is 0 Å². The number of nitriles is 1. The van der Waals surface area contributed by atoms with Crippen molar-refractivity contribution < 1.29 is 23.8 Å². The third-order valence-corrected chi connectivity index (χ3v) is 8.07. The van der Waals surface area contributed by atoms with E-state index in [2.05, 4.69) is 21.4 Å². The van der Waals surface area contributed by atoms with Crippen molar-refractivity contribution in [2.45, 2.75) is 42.5 Å². The first-order chi connectivity index (χ1) is 19.5. The molecule has 2 aliphatic heterocycles. The molecular formula is C31H27FN4O4. The van der Waals surface area contributed by atoms with Crippen molar-refractivity contribution in [3.05, 3.63) is 106 Å². The molecule has 4 unspecified atom stereocenters. The quantitative estimate of drug-likeness (QED) is 0.286. The van der Waals surface area contributed by atoms with Crippen molar-refractivity contribution in [2.24, 2.45) is 4.99 Å². The van der Waals surface area contributed by atoms with Crippen LogP contribution in [0.1, 0.15) is 47.4 Å². The number of hydrogen-bond donors (Lipinski definition) is 2. The molecular weight excluding hydrogens is 511 g/mol. The van der Waals surface area contributed by atoms with Gasteiger partial charge in [-0.15, -0.1) is 0 Å². The first kappa shape index (κ1) is 25.9. The lowest BCUT2D eigenvalue weighted by Crippen LogP contribution is -2.53. The van der Waals surface area contributed by atoms with Crippen molar-refractivity contribution in [1.29, 1.82) is 5.26 Å². The highest BCUT2D eigenvalue weighted by atomic mass is 19.1. The first-order valence-electron chi connectivity index (χ1n) is 13.1. The lowest BCUT2D eigenvalue weighted by Gasteiger charge is -2.41. The molecule has 8 nitrogen and oxygen atoms in total. The minimum absolute atomic E-state index is 0.139. The van der Waals surface area contributed by atoms with Crippen LogP contribution in [0.3, 0.4) is 0 Å². The summed E-state index contributed by atoms with van der Waals surface area (Å²) in [5.74, 6) is -0.702. The number of nitrogens with zero attached hydrogens (tertiary/aromatic N) is 3. The second-order valence-electron chi connectivity index (χ2n) is 10.1. The summed E-state index contributed by atoms with van der Waals surface area (Å²) in [7, 11) is 1.62. The summed E-state index contributed by atoms with van der Waals surface area (Å²) in [5, 5.41) is 25.7. The molecule has 3 aliphatic rings. The van der Waals surface area contributed by atoms with Crippen LogP contribution in [-0.4, -0.2) is 42.0 Å². The van der Waals surface area contributed by atoms with Crippen molar-refractivity contribution in [1.82, 2.24) is 10.3 Å². The van der Waals surface area contributed by atoms with Gasteiger partial charge < -0.3 is 19.9 Å². The maximum absolute atomic E-state index is 14.8. The fraction of sp³-hybridized carbons (Fsp3) is 0.290. The van der Waals surface area contributed by atoms with Crippen LogP contribution in [-0.2, 0) is 20.7 Å². The number of carbonyl (C=O) groups is 1. The fourth-order valence-corrected chi connectivity index (χ4v) is 6.32. The van der Waals surface area contributed by atoms with Gasteiger partial charge in [-0.3, -0.25) is 14.8 Å². The molecule has 40 heavy (non-hydrogen) atoms. The van der Waals surface area contributed by atoms with E-state index in [-0.39, 0.29) is 28.7 Å². The van der Waals surface area contributed by atoms with Crippen molar-refractivity contribution in [2.75, 3.05) is 13.7 Å². The average molecular weight is 539 g/mol. The maximum atomic E-state index is 14.8. The smallest absolute Gasteiger partial charge is 0.183 e. The lowest BCUT2D eigenvalue weighted by atomic mass is 9.69. The zero-order valence-corrected chi connectivity index (χ0v) is 21.8. The molecule has 4 atom stereocenters. The second-order valence-corrected chi connectivity index (χ2v) is 10.1. The Labute approximate surface area is 230 Å². The van der Waals surface area contributed by atoms with E-state index in [1.54, 1.807) is 49.8 Å². The van der Waals surface area contributed by atoms with Gasteiger partial charge >= 0.3 is 0 Å². The third kappa shape index (κ3) is 3.68. The van der Waals surface area contributed by atoms with E-state index < -0.39 is 22.9 Å². The number of rotatable bonds is 5. The van der Waals surface area contributed by atoms with E-state index in [4.69, 9.17) is 9.47 Å². The molecule has 2 N–H and O–H groups in total. The van der Waals surface area contributed by atoms with Gasteiger partial charge in [0.25, 0.3) is 0 Å². The summed E-state index contributed by atoms with van der Waals surface area (Å²) in [5.41, 5.74) is -1.65. The molecule has 1 aliphatic carbocycles. The lowest BCUT2D eigenvalue weighted by molar-refractivity contribution is -0.106. The zero-order chi connectivity index (χ0) is 27.9. The number of pyridine rings is 1. The molecule has 1 aromatic heterocycles. The highest BCUT2D eigenvalue weighted by molar-refractivity contribution is 5.92. The summed E-state index contributed by atoms with van der Waals surface area (Å²) < 4.78 is 27.5. The molecule has 1 fully saturated rings. The minimum atomic E-state index is -2.06. The predicted molar refractivity (Wildman–Crippen MR) is 144 cm³/mol. The van der Waals surface area contributed by atoms with E-state index in [9.17, 15) is 19.6 Å². The van der Waals surface area contributed by atoms with Crippen LogP contribution >= 0.6 is 0 Å². The topological polar surface area (TPSA) is 117 Å². The van der Waals surface area contributed by atoms with Gasteiger partial charge in [0.05, 0.1) is 23.2 Å². The number of carbonyl (C=O) groups excluding carboxylic acids is 1. The number of fused-ring (bicyclic) bond motifs is 3. The van der Waals surface area contributed by atoms with Crippen molar-refractivity contribution in [3.63, 3.8) is 0 Å². The Balaban J connectivity index is 1.64. The summed E-state index contributed by atoms with van der Waals surface area (Å²) in [4.78, 5) is 21.7. The molecule has 0 radical (unpaired) electrons. The Morgan fingerprint density at radius 1 is 1.25 bits per heavy atom. The molecule has 2 aromatic carbocycles. The second kappa shape index (κ2) is 9.97. The van der Waals surface area contributed by atoms with Gasteiger partial charge in [0.15, 0.2) is 11.2 Å². The Morgan fingerprint density at radius 3 is 2.73 bits per heavy atom. The number of nitrogens with one attached hydrogen (secondary N) is 1. The summed E-state index contributed by atoms with van der Waals surface area (Å²) >= 11 is 0. The van der Waals surface area contributed by atoms with E-state index in [1.165, 1.54) is 18.2 Å². The van der Waals surface area contributed by atoms with Gasteiger partial charge in [-0.1, -0.05) is 18.2 Å². The van der Waals surface area contributed by atoms with E-state index in [0.29, 0.717) is 35.4 Å². The number of aldehydes is 1. The van der Waals surface area contributed by atoms with Crippen LogP contribution in [0.5, 0.6) is 5.75 Å². The summed E-state index contributed by atoms with van der Waals surface area (Å²) in [6, 6.07) is 16.3. The number of ether oxygens (including phenoxy) is 2. The zero-order valence-electron chi connectivity index (χ0n) is 21.8. The highest BCUT2D eigenvalue weighted by Gasteiger charge is 2.72. The van der Waals surface area contributed by atoms with Gasteiger partial charge in [-0.2, -0.15) is 5.26 Å². The first-order valence-corrected chi connectivity index (χ1v) is 13.1. The maximum Gasteiger partial charge on any atom is 0.183 e. The van der Waals surface area contributed by atoms with Crippen LogP contribution in [0, 0.1) is 17.1 Å². The van der Waals surface area contributed by atoms with Gasteiger partial charge in [-0.25, -0.2) is 4.39 Å². The van der Waals surface area contributed by atoms with Gasteiger partial charge in [0, 0.05) is 42.7 Å². The minimum Gasteiger partial charge on any atom is -0.477 e. The number of aliphatic hydroxyl groups is 1. The molecule has 0 amide bonds. The molecule has 3 heterocycles. The van der Waals surface area contributed by atoms with Gasteiger partial charge in [-0.05, 0) is 61.2 Å². The fourth-order valence-electron chi connectivity index (χ4n) is 6.32. The number of aliphatic imine (C=N–C) groups is 1. The van der Waals surface area contributed by atoms with Crippen LogP contribution in [0.25, 0.3) is 0 Å². The predicted octanol–water partition coefficient (Wildman–Crippen LogP) is 4.01. The number of aromatic nitrogens is 1. The Morgan fingerprint density at radius 2 is 2.08 bits per heavy atom. The average Bonchev–Trinajstić information content (AvgIpc) is 3.38. The summed E-state index contributed by atoms with van der Waals surface area (Å²) in [6.07, 6.45) is 6.17. The number of amidine groups is 1. The number of halogens is 1. The molecule has 3 aromatic rings. The monoisotopic (exact) mass is 538 g/mol. The molecule has 0 bridgehead atoms. The summed E-state index contributed by atoms with van der Waals surface area (Å²) in [6.45, 7) is 0.569. The van der Waals surface area contributed by atoms with Gasteiger partial charge in [0.1, 0.15) is 29.8 Å². The SMILES string of the molecule is CN=C(NC1=C(C=O)C(c2cccnc2)C2(c3ccc(C#N)cc3)Oc3ccc(F)cc3C12O)C1CCCCO1. The van der Waals surface area contributed by atoms with Crippen LogP contribution in [0.15, 0.2) is 83.3 Å². The molecule has 202 valence electrons. The molecule has 1 saturated heterocycles. The Kier molecular flexibility index (Phi) is 6.45. The van der Waals surface area contributed by atoms with Crippen molar-refractivity contribution >= 4 is 12.1 Å². The molecule has 6 rings (SSSR count). The Hall–Kier alpha value is -4.39. The van der Waals surface area contributed by atoms with Crippen LogP contribution in [0.2, 0.25) is 0 Å². The van der Waals surface area contributed by atoms with Crippen molar-refractivity contribution in [3.8, 4) is 11.8 Å². The van der Waals surface area contributed by atoms with E-state index >= 15 is 0 Å². The van der Waals surface area contributed by atoms with E-state index in [1.807, 2.05) is 6.07 Å².